The minimum atomic E-state index is -3.32. The van der Waals surface area contributed by atoms with Gasteiger partial charge in [-0.25, -0.2) is 8.42 Å². The van der Waals surface area contributed by atoms with Crippen LogP contribution in [0.2, 0.25) is 0 Å². The highest BCUT2D eigenvalue weighted by molar-refractivity contribution is 7.92. The predicted octanol–water partition coefficient (Wildman–Crippen LogP) is 3.34. The molecule has 1 N–H and O–H groups in total. The van der Waals surface area contributed by atoms with Gasteiger partial charge in [0.05, 0.1) is 12.3 Å². The number of benzene rings is 2. The maximum absolute atomic E-state index is 12.9. The van der Waals surface area contributed by atoms with E-state index in [1.807, 2.05) is 17.0 Å². The summed E-state index contributed by atoms with van der Waals surface area (Å²) in [5.41, 5.74) is 3.42. The molecule has 1 atom stereocenters. The van der Waals surface area contributed by atoms with Crippen LogP contribution in [-0.2, 0) is 10.0 Å². The van der Waals surface area contributed by atoms with Crippen LogP contribution in [0.5, 0.6) is 0 Å². The summed E-state index contributed by atoms with van der Waals surface area (Å²) in [5, 5.41) is 0. The van der Waals surface area contributed by atoms with Gasteiger partial charge in [-0.2, -0.15) is 0 Å². The molecular formula is C19H22N2O3S. The van der Waals surface area contributed by atoms with E-state index in [2.05, 4.69) is 23.8 Å². The van der Waals surface area contributed by atoms with Crippen molar-refractivity contribution in [2.75, 3.05) is 17.5 Å². The number of rotatable bonds is 4. The molecule has 3 rings (SSSR count). The van der Waals surface area contributed by atoms with Crippen molar-refractivity contribution >= 4 is 21.6 Å². The quantitative estimate of drug-likeness (QED) is 0.911. The number of carbonyl (C=O) groups excluding carboxylic acids is 1. The minimum absolute atomic E-state index is 0.0170. The first-order chi connectivity index (χ1) is 11.8. The molecule has 6 heteroatoms. The third-order valence-electron chi connectivity index (χ3n) is 4.50. The van der Waals surface area contributed by atoms with Gasteiger partial charge >= 0.3 is 0 Å². The fraction of sp³-hybridized carbons (Fsp3) is 0.316. The van der Waals surface area contributed by atoms with Crippen LogP contribution in [0.3, 0.4) is 0 Å². The highest BCUT2D eigenvalue weighted by Gasteiger charge is 2.31. The number of carbonyl (C=O) groups is 1. The highest BCUT2D eigenvalue weighted by atomic mass is 32.2. The Balaban J connectivity index is 1.81. The molecule has 0 aromatic heterocycles. The van der Waals surface area contributed by atoms with E-state index in [0.29, 0.717) is 11.3 Å². The maximum atomic E-state index is 12.9. The number of hydrogen-bond donors (Lipinski definition) is 1. The van der Waals surface area contributed by atoms with Crippen LogP contribution in [0.15, 0.2) is 48.5 Å². The molecule has 132 valence electrons. The fourth-order valence-electron chi connectivity index (χ4n) is 3.35. The van der Waals surface area contributed by atoms with Gasteiger partial charge in [-0.05, 0) is 55.2 Å². The molecule has 1 aliphatic rings. The molecule has 0 radical (unpaired) electrons. The minimum Gasteiger partial charge on any atom is -0.332 e. The number of nitrogens with one attached hydrogen (secondary N) is 1. The molecule has 1 aliphatic heterocycles. The molecule has 0 aliphatic carbocycles. The van der Waals surface area contributed by atoms with E-state index < -0.39 is 10.0 Å². The average molecular weight is 358 g/mol. The number of hydrogen-bond acceptors (Lipinski definition) is 3. The summed E-state index contributed by atoms with van der Waals surface area (Å²) >= 11 is 0. The second-order valence-corrected chi connectivity index (χ2v) is 8.21. The molecule has 5 nitrogen and oxygen atoms in total. The number of likely N-dealkylation sites (tertiary alicyclic amines) is 1. The largest absolute Gasteiger partial charge is 0.332 e. The summed E-state index contributed by atoms with van der Waals surface area (Å²) in [4.78, 5) is 14.8. The lowest BCUT2D eigenvalue weighted by molar-refractivity contribution is 0.0735. The van der Waals surface area contributed by atoms with E-state index in [1.54, 1.807) is 24.3 Å². The second kappa shape index (κ2) is 6.88. The van der Waals surface area contributed by atoms with Crippen molar-refractivity contribution < 1.29 is 13.2 Å². The summed E-state index contributed by atoms with van der Waals surface area (Å²) in [6, 6.07) is 14.9. The van der Waals surface area contributed by atoms with Gasteiger partial charge in [0.25, 0.3) is 5.91 Å². The van der Waals surface area contributed by atoms with Gasteiger partial charge in [0.2, 0.25) is 10.0 Å². The van der Waals surface area contributed by atoms with Crippen molar-refractivity contribution in [1.82, 2.24) is 4.90 Å². The normalized spacial score (nSPS) is 17.5. The fourth-order valence-corrected chi connectivity index (χ4v) is 3.92. The van der Waals surface area contributed by atoms with Gasteiger partial charge in [-0.15, -0.1) is 0 Å². The van der Waals surface area contributed by atoms with Crippen molar-refractivity contribution in [2.45, 2.75) is 25.8 Å². The Morgan fingerprint density at radius 1 is 1.12 bits per heavy atom. The number of anilines is 1. The number of nitrogens with zero attached hydrogens (tertiary/aromatic N) is 1. The highest BCUT2D eigenvalue weighted by Crippen LogP contribution is 2.34. The van der Waals surface area contributed by atoms with Gasteiger partial charge in [-0.1, -0.05) is 24.3 Å². The van der Waals surface area contributed by atoms with Crippen LogP contribution in [-0.4, -0.2) is 32.0 Å². The van der Waals surface area contributed by atoms with E-state index in [4.69, 9.17) is 0 Å². The topological polar surface area (TPSA) is 66.5 Å². The summed E-state index contributed by atoms with van der Waals surface area (Å²) in [6.07, 6.45) is 3.05. The first kappa shape index (κ1) is 17.5. The zero-order chi connectivity index (χ0) is 18.0. The Hall–Kier alpha value is -2.34. The zero-order valence-corrected chi connectivity index (χ0v) is 15.2. The van der Waals surface area contributed by atoms with E-state index in [0.717, 1.165) is 25.6 Å². The van der Waals surface area contributed by atoms with Crippen LogP contribution < -0.4 is 4.72 Å². The molecule has 1 fully saturated rings. The first-order valence-corrected chi connectivity index (χ1v) is 10.2. The summed E-state index contributed by atoms with van der Waals surface area (Å²) in [5.74, 6) is -0.0170. The summed E-state index contributed by atoms with van der Waals surface area (Å²) in [7, 11) is -3.32. The van der Waals surface area contributed by atoms with Crippen LogP contribution in [0.4, 0.5) is 5.69 Å². The molecule has 25 heavy (non-hydrogen) atoms. The molecule has 1 amide bonds. The third-order valence-corrected chi connectivity index (χ3v) is 5.10. The predicted molar refractivity (Wildman–Crippen MR) is 99.1 cm³/mol. The molecule has 2 aromatic carbocycles. The second-order valence-electron chi connectivity index (χ2n) is 6.46. The Bertz CT molecular complexity index is 876. The lowest BCUT2D eigenvalue weighted by Gasteiger charge is -2.26. The Labute approximate surface area is 148 Å². The molecule has 0 bridgehead atoms. The number of amides is 1. The van der Waals surface area contributed by atoms with Crippen molar-refractivity contribution in [1.29, 1.82) is 0 Å². The molecule has 0 saturated carbocycles. The van der Waals surface area contributed by atoms with E-state index >= 15 is 0 Å². The van der Waals surface area contributed by atoms with Crippen LogP contribution in [0.25, 0.3) is 0 Å². The standard InChI is InChI=1S/C19H22N2O3S/c1-14-6-3-4-7-17(14)18-8-5-13-21(18)19(22)15-9-11-16(12-10-15)20-25(2,23)24/h3-4,6-7,9-12,18,20H,5,8,13H2,1-2H3/t18-/m1/s1. The van der Waals surface area contributed by atoms with Crippen molar-refractivity contribution in [2.24, 2.45) is 0 Å². The molecule has 0 spiro atoms. The van der Waals surface area contributed by atoms with Gasteiger partial charge in [0.15, 0.2) is 0 Å². The van der Waals surface area contributed by atoms with Crippen LogP contribution in [0.1, 0.15) is 40.4 Å². The molecule has 1 heterocycles. The van der Waals surface area contributed by atoms with Gasteiger partial charge in [0, 0.05) is 17.8 Å². The van der Waals surface area contributed by atoms with E-state index in [-0.39, 0.29) is 11.9 Å². The Morgan fingerprint density at radius 2 is 1.80 bits per heavy atom. The van der Waals surface area contributed by atoms with Crippen LogP contribution >= 0.6 is 0 Å². The van der Waals surface area contributed by atoms with E-state index in [9.17, 15) is 13.2 Å². The first-order valence-electron chi connectivity index (χ1n) is 8.29. The van der Waals surface area contributed by atoms with Crippen LogP contribution in [0, 0.1) is 6.92 Å². The number of sulfonamides is 1. The Kier molecular flexibility index (Phi) is 4.81. The summed E-state index contributed by atoms with van der Waals surface area (Å²) in [6.45, 7) is 2.81. The molecular weight excluding hydrogens is 336 g/mol. The molecule has 2 aromatic rings. The molecule has 0 unspecified atom stereocenters. The van der Waals surface area contributed by atoms with E-state index in [1.165, 1.54) is 11.1 Å². The SMILES string of the molecule is Cc1ccccc1[C@H]1CCCN1C(=O)c1ccc(NS(C)(=O)=O)cc1. The number of aryl methyl sites for hydroxylation is 1. The van der Waals surface area contributed by atoms with Gasteiger partial charge in [-0.3, -0.25) is 9.52 Å². The lowest BCUT2D eigenvalue weighted by Crippen LogP contribution is -2.30. The monoisotopic (exact) mass is 358 g/mol. The van der Waals surface area contributed by atoms with Crippen molar-refractivity contribution in [3.05, 3.63) is 65.2 Å². The smallest absolute Gasteiger partial charge is 0.254 e. The molecule has 1 saturated heterocycles. The zero-order valence-electron chi connectivity index (χ0n) is 14.4. The van der Waals surface area contributed by atoms with Gasteiger partial charge in [0.1, 0.15) is 0 Å². The lowest BCUT2D eigenvalue weighted by atomic mass is 9.99. The van der Waals surface area contributed by atoms with Crippen molar-refractivity contribution in [3.8, 4) is 0 Å². The maximum Gasteiger partial charge on any atom is 0.254 e. The Morgan fingerprint density at radius 3 is 2.44 bits per heavy atom. The van der Waals surface area contributed by atoms with Gasteiger partial charge < -0.3 is 4.90 Å². The third kappa shape index (κ3) is 4.02. The summed E-state index contributed by atoms with van der Waals surface area (Å²) < 4.78 is 25.0. The van der Waals surface area contributed by atoms with Crippen molar-refractivity contribution in [3.63, 3.8) is 0 Å². The average Bonchev–Trinajstić information content (AvgIpc) is 3.03.